The van der Waals surface area contributed by atoms with Gasteiger partial charge in [-0.25, -0.2) is 4.90 Å². The first-order valence-corrected chi connectivity index (χ1v) is 6.09. The number of rotatable bonds is 4. The summed E-state index contributed by atoms with van der Waals surface area (Å²) >= 11 is 0. The van der Waals surface area contributed by atoms with Crippen molar-refractivity contribution in [1.29, 1.82) is 0 Å². The zero-order valence-corrected chi connectivity index (χ0v) is 10.7. The Morgan fingerprint density at radius 2 is 2.32 bits per heavy atom. The normalized spacial score (nSPS) is 15.5. The lowest BCUT2D eigenvalue weighted by Gasteiger charge is -2.18. The van der Waals surface area contributed by atoms with Crippen molar-refractivity contribution in [3.63, 3.8) is 0 Å². The number of aliphatic hydroxyl groups excluding tert-OH is 1. The highest BCUT2D eigenvalue weighted by Gasteiger charge is 2.35. The van der Waals surface area contributed by atoms with E-state index < -0.39 is 12.0 Å². The molecular formula is C13H17N3O3. The van der Waals surface area contributed by atoms with Crippen LogP contribution in [0.1, 0.15) is 11.1 Å². The summed E-state index contributed by atoms with van der Waals surface area (Å²) in [6.45, 7) is 0.497. The molecule has 0 aliphatic carbocycles. The van der Waals surface area contributed by atoms with Crippen molar-refractivity contribution < 1.29 is 14.7 Å². The average Bonchev–Trinajstić information content (AvgIpc) is 2.72. The summed E-state index contributed by atoms with van der Waals surface area (Å²) in [5.41, 5.74) is 7.64. The second kappa shape index (κ2) is 5.48. The molecule has 0 saturated heterocycles. The third kappa shape index (κ3) is 2.51. The predicted octanol–water partition coefficient (Wildman–Crippen LogP) is -0.859. The van der Waals surface area contributed by atoms with Crippen molar-refractivity contribution in [2.45, 2.75) is 19.1 Å². The Morgan fingerprint density at radius 1 is 1.58 bits per heavy atom. The molecule has 2 amide bonds. The van der Waals surface area contributed by atoms with Gasteiger partial charge in [0.15, 0.2) is 0 Å². The van der Waals surface area contributed by atoms with E-state index in [4.69, 9.17) is 5.73 Å². The molecule has 1 aromatic carbocycles. The van der Waals surface area contributed by atoms with E-state index in [0.717, 1.165) is 16.0 Å². The first kappa shape index (κ1) is 13.7. The lowest BCUT2D eigenvalue weighted by atomic mass is 10.1. The van der Waals surface area contributed by atoms with Gasteiger partial charge in [-0.05, 0) is 24.2 Å². The summed E-state index contributed by atoms with van der Waals surface area (Å²) in [7, 11) is 1.84. The summed E-state index contributed by atoms with van der Waals surface area (Å²) < 4.78 is 0. The van der Waals surface area contributed by atoms with E-state index in [1.165, 1.54) is 0 Å². The van der Waals surface area contributed by atoms with Crippen LogP contribution in [0.2, 0.25) is 0 Å². The smallest absolute Gasteiger partial charge is 0.263 e. The van der Waals surface area contributed by atoms with E-state index in [-0.39, 0.29) is 18.9 Å². The van der Waals surface area contributed by atoms with Gasteiger partial charge in [0.05, 0.1) is 12.1 Å². The Labute approximate surface area is 111 Å². The van der Waals surface area contributed by atoms with Crippen LogP contribution < -0.4 is 16.0 Å². The van der Waals surface area contributed by atoms with Gasteiger partial charge in [0.2, 0.25) is 5.91 Å². The molecule has 0 radical (unpaired) electrons. The molecule has 1 atom stereocenters. The van der Waals surface area contributed by atoms with E-state index in [1.807, 2.05) is 19.2 Å². The van der Waals surface area contributed by atoms with Crippen LogP contribution in [0.5, 0.6) is 0 Å². The molecule has 1 unspecified atom stereocenters. The number of fused-ring (bicyclic) bond motifs is 1. The minimum atomic E-state index is -1.34. The summed E-state index contributed by atoms with van der Waals surface area (Å²) in [5, 5.41) is 12.5. The highest BCUT2D eigenvalue weighted by Crippen LogP contribution is 2.30. The highest BCUT2D eigenvalue weighted by molar-refractivity contribution is 6.20. The maximum Gasteiger partial charge on any atom is 0.263 e. The lowest BCUT2D eigenvalue weighted by Crippen LogP contribution is -2.44. The predicted molar refractivity (Wildman–Crippen MR) is 70.5 cm³/mol. The van der Waals surface area contributed by atoms with Gasteiger partial charge in [-0.2, -0.15) is 0 Å². The summed E-state index contributed by atoms with van der Waals surface area (Å²) in [6.07, 6.45) is -1.16. The average molecular weight is 263 g/mol. The van der Waals surface area contributed by atoms with E-state index in [1.54, 1.807) is 6.07 Å². The fourth-order valence-corrected chi connectivity index (χ4v) is 2.18. The summed E-state index contributed by atoms with van der Waals surface area (Å²) in [4.78, 5) is 24.8. The number of carbonyl (C=O) groups excluding carboxylic acids is 2. The van der Waals surface area contributed by atoms with Crippen LogP contribution in [-0.4, -0.2) is 36.6 Å². The Balaban J connectivity index is 2.32. The number of amides is 2. The molecule has 0 saturated carbocycles. The molecule has 0 aromatic heterocycles. The Morgan fingerprint density at radius 3 is 2.95 bits per heavy atom. The van der Waals surface area contributed by atoms with Crippen LogP contribution >= 0.6 is 0 Å². The number of imide groups is 1. The Bertz CT molecular complexity index is 516. The molecule has 1 aliphatic rings. The number of nitrogens with two attached hydrogens (primary N) is 1. The van der Waals surface area contributed by atoms with E-state index in [9.17, 15) is 14.7 Å². The minimum absolute atomic E-state index is 0.177. The van der Waals surface area contributed by atoms with Crippen LogP contribution in [-0.2, 0) is 22.6 Å². The van der Waals surface area contributed by atoms with Gasteiger partial charge in [-0.1, -0.05) is 12.1 Å². The number of hydrogen-bond acceptors (Lipinski definition) is 5. The molecular weight excluding hydrogens is 246 g/mol. The minimum Gasteiger partial charge on any atom is -0.382 e. The van der Waals surface area contributed by atoms with Crippen molar-refractivity contribution in [3.8, 4) is 0 Å². The SMILES string of the molecule is CNCc1ccc2c(c1)CC(=O)N2C(=O)C(O)CN. The zero-order chi connectivity index (χ0) is 14.0. The molecule has 102 valence electrons. The van der Waals surface area contributed by atoms with Crippen molar-refractivity contribution in [1.82, 2.24) is 5.32 Å². The van der Waals surface area contributed by atoms with Crippen LogP contribution in [0, 0.1) is 0 Å². The number of nitrogens with one attached hydrogen (secondary N) is 1. The second-order valence-corrected chi connectivity index (χ2v) is 4.49. The number of hydrogen-bond donors (Lipinski definition) is 3. The maximum atomic E-state index is 11.9. The number of carbonyl (C=O) groups is 2. The largest absolute Gasteiger partial charge is 0.382 e. The van der Waals surface area contributed by atoms with Crippen LogP contribution in [0.3, 0.4) is 0 Å². The standard InChI is InChI=1S/C13H17N3O3/c1-15-7-8-2-3-10-9(4-8)5-12(18)16(10)13(19)11(17)6-14/h2-4,11,15,17H,5-7,14H2,1H3. The van der Waals surface area contributed by atoms with Gasteiger partial charge in [0.25, 0.3) is 5.91 Å². The molecule has 6 heteroatoms. The van der Waals surface area contributed by atoms with Crippen molar-refractivity contribution in [3.05, 3.63) is 29.3 Å². The molecule has 0 fully saturated rings. The quantitative estimate of drug-likeness (QED) is 0.657. The number of benzene rings is 1. The monoisotopic (exact) mass is 263 g/mol. The van der Waals surface area contributed by atoms with E-state index in [0.29, 0.717) is 12.2 Å². The van der Waals surface area contributed by atoms with Crippen molar-refractivity contribution in [2.75, 3.05) is 18.5 Å². The van der Waals surface area contributed by atoms with Gasteiger partial charge in [0, 0.05) is 13.1 Å². The third-order valence-electron chi connectivity index (χ3n) is 3.09. The third-order valence-corrected chi connectivity index (χ3v) is 3.09. The Hall–Kier alpha value is -1.76. The van der Waals surface area contributed by atoms with Gasteiger partial charge < -0.3 is 16.2 Å². The van der Waals surface area contributed by atoms with E-state index >= 15 is 0 Å². The fourth-order valence-electron chi connectivity index (χ4n) is 2.18. The summed E-state index contributed by atoms with van der Waals surface area (Å²) in [5.74, 6) is -0.985. The molecule has 1 aliphatic heterocycles. The first-order valence-electron chi connectivity index (χ1n) is 6.09. The number of anilines is 1. The van der Waals surface area contributed by atoms with Gasteiger partial charge in [0.1, 0.15) is 6.10 Å². The molecule has 19 heavy (non-hydrogen) atoms. The molecule has 0 bridgehead atoms. The molecule has 0 spiro atoms. The topological polar surface area (TPSA) is 95.7 Å². The van der Waals surface area contributed by atoms with E-state index in [2.05, 4.69) is 5.32 Å². The zero-order valence-electron chi connectivity index (χ0n) is 10.7. The van der Waals surface area contributed by atoms with Gasteiger partial charge in [-0.3, -0.25) is 9.59 Å². The first-order chi connectivity index (χ1) is 9.08. The Kier molecular flexibility index (Phi) is 3.94. The summed E-state index contributed by atoms with van der Waals surface area (Å²) in [6, 6.07) is 5.48. The number of nitrogens with zero attached hydrogens (tertiary/aromatic N) is 1. The lowest BCUT2D eigenvalue weighted by molar-refractivity contribution is -0.130. The van der Waals surface area contributed by atoms with Crippen molar-refractivity contribution in [2.24, 2.45) is 5.73 Å². The molecule has 1 heterocycles. The number of aliphatic hydroxyl groups is 1. The maximum absolute atomic E-state index is 11.9. The second-order valence-electron chi connectivity index (χ2n) is 4.49. The molecule has 2 rings (SSSR count). The van der Waals surface area contributed by atoms with Crippen LogP contribution in [0.4, 0.5) is 5.69 Å². The molecule has 6 nitrogen and oxygen atoms in total. The van der Waals surface area contributed by atoms with Crippen LogP contribution in [0.25, 0.3) is 0 Å². The molecule has 4 N–H and O–H groups in total. The van der Waals surface area contributed by atoms with Gasteiger partial charge in [-0.15, -0.1) is 0 Å². The van der Waals surface area contributed by atoms with Crippen LogP contribution in [0.15, 0.2) is 18.2 Å². The van der Waals surface area contributed by atoms with Gasteiger partial charge >= 0.3 is 0 Å². The highest BCUT2D eigenvalue weighted by atomic mass is 16.3. The fraction of sp³-hybridized carbons (Fsp3) is 0.385. The van der Waals surface area contributed by atoms with Crippen molar-refractivity contribution >= 4 is 17.5 Å². The molecule has 1 aromatic rings.